The molecule has 34 heavy (non-hydrogen) atoms. The minimum Gasteiger partial charge on any atom is -0.479 e. The number of hydrogen-bond acceptors (Lipinski definition) is 3. The second-order valence-electron chi connectivity index (χ2n) is 8.05. The lowest BCUT2D eigenvalue weighted by Crippen LogP contribution is -2.44. The number of carbonyl (C=O) groups excluding carboxylic acids is 2. The molecule has 5 rings (SSSR count). The van der Waals surface area contributed by atoms with Crippen LogP contribution in [0.25, 0.3) is 10.8 Å². The lowest BCUT2D eigenvalue weighted by Gasteiger charge is -2.34. The number of carboxylic acids is 1. The fourth-order valence-corrected chi connectivity index (χ4v) is 4.89. The Kier molecular flexibility index (Phi) is 5.79. The van der Waals surface area contributed by atoms with Gasteiger partial charge >= 0.3 is 5.97 Å². The van der Waals surface area contributed by atoms with E-state index in [-0.39, 0.29) is 5.56 Å². The molecule has 0 saturated heterocycles. The van der Waals surface area contributed by atoms with Gasteiger partial charge in [-0.1, -0.05) is 66.7 Å². The van der Waals surface area contributed by atoms with Crippen LogP contribution in [-0.2, 0) is 9.59 Å². The van der Waals surface area contributed by atoms with Gasteiger partial charge in [0.15, 0.2) is 6.04 Å². The molecular weight excluding hydrogens is 543 g/mol. The Hall–Kier alpha value is -3.72. The molecule has 4 aromatic carbocycles. The first-order valence-electron chi connectivity index (χ1n) is 10.6. The molecule has 2 unspecified atom stereocenters. The molecule has 0 radical (unpaired) electrons. The van der Waals surface area contributed by atoms with E-state index in [2.05, 4.69) is 27.9 Å². The molecule has 2 N–H and O–H groups in total. The number of nitrogens with zero attached hydrogens (tertiary/aromatic N) is 1. The van der Waals surface area contributed by atoms with Gasteiger partial charge in [-0.15, -0.1) is 0 Å². The molecule has 0 saturated carbocycles. The third-order valence-corrected chi connectivity index (χ3v) is 6.62. The molecule has 2 atom stereocenters. The molecule has 1 heterocycles. The van der Waals surface area contributed by atoms with E-state index in [9.17, 15) is 19.5 Å². The first-order chi connectivity index (χ1) is 16.4. The Morgan fingerprint density at radius 1 is 0.882 bits per heavy atom. The molecule has 0 spiro atoms. The molecular formula is C27H19IN2O4. The molecule has 1 aliphatic rings. The topological polar surface area (TPSA) is 86.7 Å². The van der Waals surface area contributed by atoms with Crippen LogP contribution in [0.15, 0.2) is 91.0 Å². The third kappa shape index (κ3) is 3.92. The summed E-state index contributed by atoms with van der Waals surface area (Å²) < 4.78 is 0.801. The van der Waals surface area contributed by atoms with E-state index in [1.807, 2.05) is 36.4 Å². The van der Waals surface area contributed by atoms with Crippen molar-refractivity contribution < 1.29 is 19.5 Å². The summed E-state index contributed by atoms with van der Waals surface area (Å²) >= 11 is 2.09. The second kappa shape index (κ2) is 8.90. The van der Waals surface area contributed by atoms with Crippen molar-refractivity contribution in [2.45, 2.75) is 12.1 Å². The molecule has 2 amide bonds. The summed E-state index contributed by atoms with van der Waals surface area (Å²) in [5.41, 5.74) is 1.57. The first kappa shape index (κ1) is 22.1. The van der Waals surface area contributed by atoms with Gasteiger partial charge in [-0.2, -0.15) is 0 Å². The first-order valence-corrected chi connectivity index (χ1v) is 11.7. The minimum absolute atomic E-state index is 0.255. The van der Waals surface area contributed by atoms with Gasteiger partial charge in [0.05, 0.1) is 11.3 Å². The zero-order valence-corrected chi connectivity index (χ0v) is 20.0. The van der Waals surface area contributed by atoms with Crippen LogP contribution in [0, 0.1) is 3.57 Å². The summed E-state index contributed by atoms with van der Waals surface area (Å²) in [6, 6.07) is 24.3. The van der Waals surface area contributed by atoms with Crippen LogP contribution in [0.5, 0.6) is 0 Å². The van der Waals surface area contributed by atoms with Crippen molar-refractivity contribution in [3.63, 3.8) is 0 Å². The lowest BCUT2D eigenvalue weighted by molar-refractivity contribution is -0.144. The van der Waals surface area contributed by atoms with Crippen LogP contribution in [-0.4, -0.2) is 27.8 Å². The summed E-state index contributed by atoms with van der Waals surface area (Å²) in [6.45, 7) is 0. The van der Waals surface area contributed by atoms with Gasteiger partial charge in [0.25, 0.3) is 11.8 Å². The lowest BCUT2D eigenvalue weighted by atomic mass is 9.96. The highest BCUT2D eigenvalue weighted by molar-refractivity contribution is 14.1. The van der Waals surface area contributed by atoms with Gasteiger partial charge < -0.3 is 15.3 Å². The van der Waals surface area contributed by atoms with Gasteiger partial charge in [-0.25, -0.2) is 4.79 Å². The monoisotopic (exact) mass is 562 g/mol. The summed E-state index contributed by atoms with van der Waals surface area (Å²) in [6.07, 6.45) is 0. The molecule has 0 bridgehead atoms. The molecule has 168 valence electrons. The van der Waals surface area contributed by atoms with E-state index in [1.54, 1.807) is 54.6 Å². The van der Waals surface area contributed by atoms with Crippen molar-refractivity contribution in [1.82, 2.24) is 4.90 Å². The average molecular weight is 562 g/mol. The summed E-state index contributed by atoms with van der Waals surface area (Å²) in [5.74, 6) is -2.21. The fraction of sp³-hybridized carbons (Fsp3) is 0.0741. The largest absolute Gasteiger partial charge is 0.479 e. The number of fused-ring (bicyclic) bond motifs is 2. The minimum atomic E-state index is -1.36. The van der Waals surface area contributed by atoms with E-state index in [0.717, 1.165) is 14.3 Å². The summed E-state index contributed by atoms with van der Waals surface area (Å²) in [4.78, 5) is 41.4. The van der Waals surface area contributed by atoms with Crippen LogP contribution in [0.4, 0.5) is 5.69 Å². The van der Waals surface area contributed by atoms with E-state index in [4.69, 9.17) is 0 Å². The standard InChI is InChI=1S/C27H19IN2O4/c28-20-12-13-22-21(15-20)26(32)30(24(27(33)34)17-7-2-1-3-8-17)23(25(31)29-22)19-11-10-16-6-4-5-9-18(16)14-19/h1-15,23-24H,(H,29,31)(H,33,34). The van der Waals surface area contributed by atoms with Gasteiger partial charge in [0, 0.05) is 3.57 Å². The Labute approximate surface area is 209 Å². The summed E-state index contributed by atoms with van der Waals surface area (Å²) in [7, 11) is 0. The number of hydrogen-bond donors (Lipinski definition) is 2. The second-order valence-corrected chi connectivity index (χ2v) is 9.30. The van der Waals surface area contributed by atoms with Gasteiger partial charge in [0.2, 0.25) is 0 Å². The maximum absolute atomic E-state index is 14.0. The number of anilines is 1. The highest BCUT2D eigenvalue weighted by atomic mass is 127. The van der Waals surface area contributed by atoms with E-state index < -0.39 is 29.9 Å². The Morgan fingerprint density at radius 2 is 1.59 bits per heavy atom. The van der Waals surface area contributed by atoms with Crippen molar-refractivity contribution in [1.29, 1.82) is 0 Å². The van der Waals surface area contributed by atoms with Crippen LogP contribution in [0.3, 0.4) is 0 Å². The molecule has 7 heteroatoms. The Balaban J connectivity index is 1.75. The molecule has 1 aliphatic heterocycles. The SMILES string of the molecule is O=C(O)C(c1ccccc1)N1C(=O)c2cc(I)ccc2NC(=O)C1c1ccc2ccccc2c1. The highest BCUT2D eigenvalue weighted by Crippen LogP contribution is 2.38. The molecule has 0 fully saturated rings. The van der Waals surface area contributed by atoms with Crippen molar-refractivity contribution in [3.8, 4) is 0 Å². The number of carboxylic acid groups (broad SMARTS) is 1. The predicted octanol–water partition coefficient (Wildman–Crippen LogP) is 5.41. The maximum Gasteiger partial charge on any atom is 0.331 e. The normalized spacial score (nSPS) is 16.5. The number of amides is 2. The van der Waals surface area contributed by atoms with E-state index in [0.29, 0.717) is 16.8 Å². The molecule has 0 aromatic heterocycles. The van der Waals surface area contributed by atoms with Crippen molar-refractivity contribution in [3.05, 3.63) is 111 Å². The predicted molar refractivity (Wildman–Crippen MR) is 137 cm³/mol. The number of benzene rings is 4. The van der Waals surface area contributed by atoms with E-state index in [1.165, 1.54) is 4.90 Å². The molecule has 4 aromatic rings. The van der Waals surface area contributed by atoms with Crippen LogP contribution in [0.2, 0.25) is 0 Å². The maximum atomic E-state index is 14.0. The Morgan fingerprint density at radius 3 is 2.32 bits per heavy atom. The van der Waals surface area contributed by atoms with Crippen molar-refractivity contribution in [2.24, 2.45) is 0 Å². The number of nitrogens with one attached hydrogen (secondary N) is 1. The Bertz CT molecular complexity index is 1440. The van der Waals surface area contributed by atoms with Crippen LogP contribution < -0.4 is 5.32 Å². The molecule has 0 aliphatic carbocycles. The number of rotatable bonds is 4. The number of carbonyl (C=O) groups is 3. The third-order valence-electron chi connectivity index (χ3n) is 5.95. The zero-order valence-electron chi connectivity index (χ0n) is 17.8. The smallest absolute Gasteiger partial charge is 0.331 e. The number of aliphatic carboxylic acids is 1. The quantitative estimate of drug-likeness (QED) is 0.326. The molecule has 6 nitrogen and oxygen atoms in total. The fourth-order valence-electron chi connectivity index (χ4n) is 4.40. The van der Waals surface area contributed by atoms with Gasteiger partial charge in [-0.3, -0.25) is 9.59 Å². The zero-order chi connectivity index (χ0) is 23.8. The number of halogens is 1. The highest BCUT2D eigenvalue weighted by Gasteiger charge is 2.43. The van der Waals surface area contributed by atoms with Gasteiger partial charge in [0.1, 0.15) is 6.04 Å². The average Bonchev–Trinajstić information content (AvgIpc) is 2.94. The van der Waals surface area contributed by atoms with Crippen LogP contribution in [0.1, 0.15) is 33.6 Å². The van der Waals surface area contributed by atoms with Crippen molar-refractivity contribution in [2.75, 3.05) is 5.32 Å². The van der Waals surface area contributed by atoms with Crippen LogP contribution >= 0.6 is 22.6 Å². The van der Waals surface area contributed by atoms with Gasteiger partial charge in [-0.05, 0) is 68.8 Å². The van der Waals surface area contributed by atoms with Crippen molar-refractivity contribution >= 4 is 56.8 Å². The van der Waals surface area contributed by atoms with E-state index >= 15 is 0 Å². The summed E-state index contributed by atoms with van der Waals surface area (Å²) in [5, 5.41) is 15.0.